The Morgan fingerprint density at radius 2 is 1.83 bits per heavy atom. The highest BCUT2D eigenvalue weighted by atomic mass is 16.6. The van der Waals surface area contributed by atoms with Gasteiger partial charge in [0.15, 0.2) is 0 Å². The predicted octanol–water partition coefficient (Wildman–Crippen LogP) is 4.22. The smallest absolute Gasteiger partial charge is 0.409 e. The van der Waals surface area contributed by atoms with Crippen LogP contribution in [-0.2, 0) is 11.3 Å². The minimum atomic E-state index is -0.260. The van der Waals surface area contributed by atoms with Crippen molar-refractivity contribution in [3.05, 3.63) is 35.9 Å². The van der Waals surface area contributed by atoms with Crippen molar-refractivity contribution in [2.75, 3.05) is 20.2 Å². The first-order chi connectivity index (χ1) is 11.1. The van der Waals surface area contributed by atoms with Gasteiger partial charge in [-0.15, -0.1) is 0 Å². The Hall–Kier alpha value is -1.55. The van der Waals surface area contributed by atoms with Crippen LogP contribution in [0.25, 0.3) is 0 Å². The van der Waals surface area contributed by atoms with E-state index in [1.807, 2.05) is 30.3 Å². The Morgan fingerprint density at radius 3 is 2.52 bits per heavy atom. The summed E-state index contributed by atoms with van der Waals surface area (Å²) in [6.07, 6.45) is 6.24. The maximum atomic E-state index is 11.9. The highest BCUT2D eigenvalue weighted by Gasteiger charge is 2.10. The number of carbonyl (C=O) groups is 1. The van der Waals surface area contributed by atoms with E-state index in [2.05, 4.69) is 6.92 Å². The Bertz CT molecular complexity index is 422. The molecule has 1 aromatic rings. The zero-order valence-electron chi connectivity index (χ0n) is 14.5. The molecule has 0 aliphatic rings. The standard InChI is InChI=1S/C19H31NO3/c1-17(10-5-4-8-15-21)11-9-14-20(2)19(22)23-16-18-12-6-3-7-13-18/h3,6-7,12-13,17,21H,4-5,8-11,14-16H2,1-2H3. The second kappa shape index (κ2) is 11.9. The van der Waals surface area contributed by atoms with E-state index in [4.69, 9.17) is 9.84 Å². The van der Waals surface area contributed by atoms with Crippen LogP contribution in [-0.4, -0.2) is 36.3 Å². The fourth-order valence-corrected chi connectivity index (χ4v) is 2.52. The average molecular weight is 321 g/mol. The molecule has 0 fully saturated rings. The monoisotopic (exact) mass is 321 g/mol. The van der Waals surface area contributed by atoms with Crippen molar-refractivity contribution in [2.45, 2.75) is 52.1 Å². The molecule has 1 unspecified atom stereocenters. The van der Waals surface area contributed by atoms with E-state index in [1.54, 1.807) is 11.9 Å². The Labute approximate surface area is 140 Å². The third kappa shape index (κ3) is 9.24. The number of ether oxygens (including phenoxy) is 1. The molecule has 0 aliphatic heterocycles. The number of hydrogen-bond acceptors (Lipinski definition) is 3. The summed E-state index contributed by atoms with van der Waals surface area (Å²) in [7, 11) is 1.79. The van der Waals surface area contributed by atoms with Crippen molar-refractivity contribution in [3.8, 4) is 0 Å². The number of aliphatic hydroxyl groups excluding tert-OH is 1. The molecule has 0 saturated heterocycles. The maximum Gasteiger partial charge on any atom is 0.409 e. The second-order valence-electron chi connectivity index (χ2n) is 6.28. The van der Waals surface area contributed by atoms with Crippen LogP contribution in [0.15, 0.2) is 30.3 Å². The summed E-state index contributed by atoms with van der Waals surface area (Å²) in [6, 6.07) is 9.73. The molecular formula is C19H31NO3. The van der Waals surface area contributed by atoms with E-state index in [-0.39, 0.29) is 6.09 Å². The van der Waals surface area contributed by atoms with Gasteiger partial charge in [0.25, 0.3) is 0 Å². The molecule has 0 spiro atoms. The van der Waals surface area contributed by atoms with Crippen LogP contribution in [0.1, 0.15) is 51.0 Å². The molecule has 1 rings (SSSR count). The third-order valence-electron chi connectivity index (χ3n) is 4.06. The van der Waals surface area contributed by atoms with Crippen molar-refractivity contribution < 1.29 is 14.6 Å². The SMILES string of the molecule is CC(CCCCCO)CCCN(C)C(=O)OCc1ccccc1. The molecular weight excluding hydrogens is 290 g/mol. The van der Waals surface area contributed by atoms with Crippen LogP contribution in [0.3, 0.4) is 0 Å². The maximum absolute atomic E-state index is 11.9. The zero-order chi connectivity index (χ0) is 16.9. The first-order valence-electron chi connectivity index (χ1n) is 8.66. The Balaban J connectivity index is 2.10. The number of benzene rings is 1. The fraction of sp³-hybridized carbons (Fsp3) is 0.632. The Kier molecular flexibility index (Phi) is 10.1. The molecule has 1 amide bonds. The summed E-state index contributed by atoms with van der Waals surface area (Å²) in [6.45, 7) is 3.61. The first-order valence-corrected chi connectivity index (χ1v) is 8.66. The van der Waals surface area contributed by atoms with Crippen LogP contribution >= 0.6 is 0 Å². The second-order valence-corrected chi connectivity index (χ2v) is 6.28. The number of amides is 1. The van der Waals surface area contributed by atoms with Gasteiger partial charge in [0.1, 0.15) is 6.61 Å². The van der Waals surface area contributed by atoms with Crippen LogP contribution < -0.4 is 0 Å². The summed E-state index contributed by atoms with van der Waals surface area (Å²) in [5, 5.41) is 8.75. The summed E-state index contributed by atoms with van der Waals surface area (Å²) in [4.78, 5) is 13.6. The van der Waals surface area contributed by atoms with Crippen molar-refractivity contribution in [1.82, 2.24) is 4.90 Å². The lowest BCUT2D eigenvalue weighted by molar-refractivity contribution is 0.104. The van der Waals surface area contributed by atoms with Gasteiger partial charge >= 0.3 is 6.09 Å². The minimum absolute atomic E-state index is 0.260. The van der Waals surface area contributed by atoms with Crippen LogP contribution in [0.5, 0.6) is 0 Å². The van der Waals surface area contributed by atoms with Gasteiger partial charge in [-0.3, -0.25) is 0 Å². The highest BCUT2D eigenvalue weighted by molar-refractivity contribution is 5.67. The molecule has 0 aliphatic carbocycles. The fourth-order valence-electron chi connectivity index (χ4n) is 2.52. The Morgan fingerprint density at radius 1 is 1.13 bits per heavy atom. The molecule has 0 bridgehead atoms. The molecule has 0 aromatic heterocycles. The molecule has 23 heavy (non-hydrogen) atoms. The molecule has 0 radical (unpaired) electrons. The van der Waals surface area contributed by atoms with Gasteiger partial charge in [-0.25, -0.2) is 4.79 Å². The van der Waals surface area contributed by atoms with Gasteiger partial charge in [-0.05, 0) is 30.7 Å². The average Bonchev–Trinajstić information content (AvgIpc) is 2.57. The molecule has 4 nitrogen and oxygen atoms in total. The minimum Gasteiger partial charge on any atom is -0.445 e. The van der Waals surface area contributed by atoms with E-state index >= 15 is 0 Å². The number of hydrogen-bond donors (Lipinski definition) is 1. The van der Waals surface area contributed by atoms with Gasteiger partial charge in [-0.1, -0.05) is 56.5 Å². The van der Waals surface area contributed by atoms with Crippen molar-refractivity contribution in [1.29, 1.82) is 0 Å². The topological polar surface area (TPSA) is 49.8 Å². The van der Waals surface area contributed by atoms with E-state index in [0.717, 1.165) is 37.8 Å². The van der Waals surface area contributed by atoms with Crippen molar-refractivity contribution in [3.63, 3.8) is 0 Å². The van der Waals surface area contributed by atoms with E-state index in [9.17, 15) is 4.79 Å². The van der Waals surface area contributed by atoms with Crippen molar-refractivity contribution >= 4 is 6.09 Å². The molecule has 130 valence electrons. The lowest BCUT2D eigenvalue weighted by Crippen LogP contribution is -2.28. The lowest BCUT2D eigenvalue weighted by atomic mass is 9.98. The first kappa shape index (κ1) is 19.5. The molecule has 4 heteroatoms. The zero-order valence-corrected chi connectivity index (χ0v) is 14.5. The van der Waals surface area contributed by atoms with Crippen LogP contribution in [0, 0.1) is 5.92 Å². The number of rotatable bonds is 11. The normalized spacial score (nSPS) is 12.0. The largest absolute Gasteiger partial charge is 0.445 e. The van der Waals surface area contributed by atoms with Gasteiger partial charge in [0.2, 0.25) is 0 Å². The quantitative estimate of drug-likeness (QED) is 0.621. The lowest BCUT2D eigenvalue weighted by Gasteiger charge is -2.18. The van der Waals surface area contributed by atoms with Gasteiger partial charge in [0.05, 0.1) is 0 Å². The molecule has 0 saturated carbocycles. The van der Waals surface area contributed by atoms with E-state index in [1.165, 1.54) is 12.8 Å². The molecule has 1 atom stereocenters. The van der Waals surface area contributed by atoms with Crippen molar-refractivity contribution in [2.24, 2.45) is 5.92 Å². The van der Waals surface area contributed by atoms with Crippen LogP contribution in [0.2, 0.25) is 0 Å². The van der Waals surface area contributed by atoms with E-state index < -0.39 is 0 Å². The van der Waals surface area contributed by atoms with Gasteiger partial charge in [0, 0.05) is 20.2 Å². The number of carbonyl (C=O) groups excluding carboxylic acids is 1. The summed E-state index contributed by atoms with van der Waals surface area (Å²) in [5.41, 5.74) is 1.01. The molecule has 0 heterocycles. The predicted molar refractivity (Wildman–Crippen MR) is 93.2 cm³/mol. The van der Waals surface area contributed by atoms with Gasteiger partial charge < -0.3 is 14.7 Å². The summed E-state index contributed by atoms with van der Waals surface area (Å²) < 4.78 is 5.30. The third-order valence-corrected chi connectivity index (χ3v) is 4.06. The number of unbranched alkanes of at least 4 members (excludes halogenated alkanes) is 2. The summed E-state index contributed by atoms with van der Waals surface area (Å²) >= 11 is 0. The van der Waals surface area contributed by atoms with E-state index in [0.29, 0.717) is 19.1 Å². The number of nitrogens with zero attached hydrogens (tertiary/aromatic N) is 1. The van der Waals surface area contributed by atoms with Gasteiger partial charge in [-0.2, -0.15) is 0 Å². The number of aliphatic hydroxyl groups is 1. The molecule has 1 N–H and O–H groups in total. The highest BCUT2D eigenvalue weighted by Crippen LogP contribution is 2.15. The summed E-state index contributed by atoms with van der Waals surface area (Å²) in [5.74, 6) is 0.669. The van der Waals surface area contributed by atoms with Crippen LogP contribution in [0.4, 0.5) is 4.79 Å². The molecule has 1 aromatic carbocycles.